The molecule has 0 spiro atoms. The third kappa shape index (κ3) is 3.27. The van der Waals surface area contributed by atoms with Crippen molar-refractivity contribution >= 4 is 29.1 Å². The van der Waals surface area contributed by atoms with E-state index in [-0.39, 0.29) is 0 Å². The van der Waals surface area contributed by atoms with Crippen molar-refractivity contribution in [3.63, 3.8) is 0 Å². The van der Waals surface area contributed by atoms with Gasteiger partial charge in [-0.05, 0) is 0 Å². The van der Waals surface area contributed by atoms with Crippen LogP contribution in [0, 0.1) is 0 Å². The fourth-order valence-electron chi connectivity index (χ4n) is 3.32. The van der Waals surface area contributed by atoms with Gasteiger partial charge in [0.25, 0.3) is 0 Å². The fraction of sp³-hybridized carbons (Fsp3) is 0.0909. The average molecular weight is 405 g/mol. The first-order chi connectivity index (χ1) is 11.4. The van der Waals surface area contributed by atoms with Gasteiger partial charge in [0.1, 0.15) is 0 Å². The first-order valence-corrected chi connectivity index (χ1v) is 14.5. The van der Waals surface area contributed by atoms with E-state index in [9.17, 15) is 0 Å². The van der Waals surface area contributed by atoms with Crippen molar-refractivity contribution < 1.29 is 0 Å². The van der Waals surface area contributed by atoms with Gasteiger partial charge >= 0.3 is 144 Å². The van der Waals surface area contributed by atoms with E-state index < -0.39 is 18.4 Å². The van der Waals surface area contributed by atoms with Crippen LogP contribution in [0.5, 0.6) is 0 Å². The summed E-state index contributed by atoms with van der Waals surface area (Å²) in [5.74, 6) is 0. The quantitative estimate of drug-likeness (QED) is 0.449. The van der Waals surface area contributed by atoms with Crippen molar-refractivity contribution in [3.05, 3.63) is 103 Å². The molecule has 0 fully saturated rings. The van der Waals surface area contributed by atoms with Crippen LogP contribution in [-0.2, 0) is 0 Å². The fourth-order valence-corrected chi connectivity index (χ4v) is 16.4. The zero-order valence-electron chi connectivity index (χ0n) is 13.5. The van der Waals surface area contributed by atoms with E-state index in [1.807, 2.05) is 0 Å². The van der Waals surface area contributed by atoms with Gasteiger partial charge < -0.3 is 0 Å². The Morgan fingerprint density at radius 3 is 1.26 bits per heavy atom. The summed E-state index contributed by atoms with van der Waals surface area (Å²) >= 11 is -2.99. The van der Waals surface area contributed by atoms with E-state index in [4.69, 9.17) is 0 Å². The van der Waals surface area contributed by atoms with Crippen LogP contribution in [0.15, 0.2) is 103 Å². The Hall–Kier alpha value is -1.80. The Labute approximate surface area is 143 Å². The second kappa shape index (κ2) is 7.65. The minimum atomic E-state index is -2.99. The van der Waals surface area contributed by atoms with E-state index in [0.29, 0.717) is 0 Å². The molecule has 0 nitrogen and oxygen atoms in total. The van der Waals surface area contributed by atoms with Crippen LogP contribution in [0.2, 0.25) is 4.44 Å². The molecule has 0 saturated heterocycles. The zero-order chi connectivity index (χ0) is 16.0. The summed E-state index contributed by atoms with van der Waals surface area (Å²) in [6.45, 7) is 2.12. The minimum absolute atomic E-state index is 1.16. The predicted molar refractivity (Wildman–Crippen MR) is 104 cm³/mol. The molecule has 0 aliphatic heterocycles. The molecule has 0 N–H and O–H groups in total. The second-order valence-corrected chi connectivity index (χ2v) is 17.1. The molecule has 0 radical (unpaired) electrons. The van der Waals surface area contributed by atoms with Gasteiger partial charge in [-0.15, -0.1) is 0 Å². The number of benzene rings is 3. The summed E-state index contributed by atoms with van der Waals surface area (Å²) in [7, 11) is 0. The van der Waals surface area contributed by atoms with Crippen molar-refractivity contribution in [3.8, 4) is 0 Å². The van der Waals surface area contributed by atoms with Gasteiger partial charge in [0.2, 0.25) is 0 Å². The first-order valence-electron chi connectivity index (χ1n) is 8.15. The molecule has 23 heavy (non-hydrogen) atoms. The summed E-state index contributed by atoms with van der Waals surface area (Å²) in [4.78, 5) is 0. The molecule has 0 bridgehead atoms. The van der Waals surface area contributed by atoms with E-state index in [0.717, 1.165) is 4.44 Å². The van der Waals surface area contributed by atoms with Gasteiger partial charge in [-0.2, -0.15) is 0 Å². The molecule has 114 valence electrons. The summed E-state index contributed by atoms with van der Waals surface area (Å²) < 4.78 is 5.77. The van der Waals surface area contributed by atoms with Gasteiger partial charge in [-0.3, -0.25) is 0 Å². The normalized spacial score (nSPS) is 11.7. The second-order valence-electron chi connectivity index (χ2n) is 5.78. The maximum absolute atomic E-state index is 2.99. The summed E-state index contributed by atoms with van der Waals surface area (Å²) in [6, 6.07) is 33.4. The number of rotatable bonds is 5. The molecule has 0 aliphatic rings. The molecule has 3 aromatic carbocycles. The summed E-state index contributed by atoms with van der Waals surface area (Å²) in [5, 5.41) is 0. The third-order valence-electron chi connectivity index (χ3n) is 4.46. The number of allylic oxidation sites excluding steroid dienone is 2. The third-order valence-corrected chi connectivity index (χ3v) is 18.2. The van der Waals surface area contributed by atoms with Crippen LogP contribution in [0.1, 0.15) is 6.92 Å². The molecule has 0 saturated carbocycles. The topological polar surface area (TPSA) is 0 Å². The van der Waals surface area contributed by atoms with Crippen LogP contribution in [0.4, 0.5) is 0 Å². The molecular formula is C22H22Sn. The van der Waals surface area contributed by atoms with Crippen molar-refractivity contribution in [2.24, 2.45) is 0 Å². The van der Waals surface area contributed by atoms with E-state index in [1.165, 1.54) is 10.7 Å². The van der Waals surface area contributed by atoms with Gasteiger partial charge in [-0.1, -0.05) is 0 Å². The van der Waals surface area contributed by atoms with E-state index in [1.54, 1.807) is 0 Å². The van der Waals surface area contributed by atoms with Crippen LogP contribution in [0.3, 0.4) is 0 Å². The van der Waals surface area contributed by atoms with E-state index in [2.05, 4.69) is 110 Å². The number of hydrogen-bond acceptors (Lipinski definition) is 0. The molecule has 0 atom stereocenters. The van der Waals surface area contributed by atoms with Gasteiger partial charge in [-0.25, -0.2) is 0 Å². The standard InChI is InChI=1S/3C6H5.C4H7.Sn/c3*1-2-4-6-5-3-1;1-3-4-2;/h3*1-5H;3-4H,1H2,2H3;/b;;;4-3+;. The van der Waals surface area contributed by atoms with Crippen molar-refractivity contribution in [2.75, 3.05) is 0 Å². The molecule has 3 aromatic rings. The molecule has 0 heterocycles. The maximum atomic E-state index is 2.36. The Morgan fingerprint density at radius 2 is 0.957 bits per heavy atom. The van der Waals surface area contributed by atoms with Gasteiger partial charge in [0.05, 0.1) is 0 Å². The van der Waals surface area contributed by atoms with Crippen molar-refractivity contribution in [2.45, 2.75) is 11.4 Å². The number of hydrogen-bond donors (Lipinski definition) is 0. The zero-order valence-corrected chi connectivity index (χ0v) is 16.4. The summed E-state index contributed by atoms with van der Waals surface area (Å²) in [6.07, 6.45) is 4.56. The van der Waals surface area contributed by atoms with Gasteiger partial charge in [0.15, 0.2) is 0 Å². The Morgan fingerprint density at radius 1 is 0.609 bits per heavy atom. The van der Waals surface area contributed by atoms with Gasteiger partial charge in [0, 0.05) is 0 Å². The van der Waals surface area contributed by atoms with Crippen molar-refractivity contribution in [1.82, 2.24) is 0 Å². The van der Waals surface area contributed by atoms with Crippen molar-refractivity contribution in [1.29, 1.82) is 0 Å². The summed E-state index contributed by atoms with van der Waals surface area (Å²) in [5.41, 5.74) is 0. The molecule has 0 aromatic heterocycles. The SMILES string of the molecule is C/C=C/[CH2][Sn]([c]1ccccc1)([c]1ccccc1)[c]1ccccc1. The molecule has 0 aliphatic carbocycles. The van der Waals surface area contributed by atoms with Crippen LogP contribution < -0.4 is 10.7 Å². The molecule has 0 unspecified atom stereocenters. The Bertz CT molecular complexity index is 649. The average Bonchev–Trinajstić information content (AvgIpc) is 2.65. The van der Waals surface area contributed by atoms with Crippen LogP contribution in [0.25, 0.3) is 0 Å². The van der Waals surface area contributed by atoms with Crippen LogP contribution >= 0.6 is 0 Å². The van der Waals surface area contributed by atoms with E-state index >= 15 is 0 Å². The first kappa shape index (κ1) is 16.1. The monoisotopic (exact) mass is 406 g/mol. The Kier molecular flexibility index (Phi) is 5.34. The predicted octanol–water partition coefficient (Wildman–Crippen LogP) is 3.73. The van der Waals surface area contributed by atoms with Crippen LogP contribution in [-0.4, -0.2) is 18.4 Å². The molecule has 1 heteroatoms. The molecular weight excluding hydrogens is 383 g/mol. The molecule has 0 amide bonds. The molecule has 3 rings (SSSR count). The Balaban J connectivity index is 2.30.